The van der Waals surface area contributed by atoms with Crippen LogP contribution in [0.15, 0.2) is 12.4 Å². The molecule has 8 heteroatoms. The molecule has 0 radical (unpaired) electrons. The van der Waals surface area contributed by atoms with Gasteiger partial charge in [0.1, 0.15) is 0 Å². The van der Waals surface area contributed by atoms with Crippen LogP contribution in [0.4, 0.5) is 5.95 Å². The van der Waals surface area contributed by atoms with Gasteiger partial charge in [0, 0.05) is 31.5 Å². The number of amides is 1. The highest BCUT2D eigenvalue weighted by Crippen LogP contribution is 2.19. The maximum Gasteiger partial charge on any atom is 0.257 e. The van der Waals surface area contributed by atoms with E-state index in [0.29, 0.717) is 24.5 Å². The first-order chi connectivity index (χ1) is 11.5. The van der Waals surface area contributed by atoms with Gasteiger partial charge in [-0.1, -0.05) is 19.8 Å². The number of carbonyl (C=O) groups is 1. The number of rotatable bonds is 8. The molecule has 1 N–H and O–H groups in total. The molecule has 1 unspecified atom stereocenters. The molecule has 134 valence electrons. The van der Waals surface area contributed by atoms with Crippen molar-refractivity contribution in [1.82, 2.24) is 14.9 Å². The van der Waals surface area contributed by atoms with Crippen molar-refractivity contribution in [1.29, 1.82) is 0 Å². The van der Waals surface area contributed by atoms with Crippen molar-refractivity contribution in [2.45, 2.75) is 45.6 Å². The first-order valence-corrected chi connectivity index (χ1v) is 10.4. The fraction of sp³-hybridized carbons (Fsp3) is 0.688. The molecular formula is C16H26N4O3S. The van der Waals surface area contributed by atoms with E-state index >= 15 is 0 Å². The van der Waals surface area contributed by atoms with Crippen molar-refractivity contribution in [2.75, 3.05) is 29.9 Å². The molecule has 1 aromatic heterocycles. The van der Waals surface area contributed by atoms with E-state index in [2.05, 4.69) is 22.2 Å². The first kappa shape index (κ1) is 18.6. The Morgan fingerprint density at radius 1 is 1.29 bits per heavy atom. The number of anilines is 1. The Morgan fingerprint density at radius 2 is 2.00 bits per heavy atom. The Morgan fingerprint density at radius 3 is 2.54 bits per heavy atom. The lowest BCUT2D eigenvalue weighted by Crippen LogP contribution is -2.41. The summed E-state index contributed by atoms with van der Waals surface area (Å²) < 4.78 is 23.3. The predicted molar refractivity (Wildman–Crippen MR) is 93.8 cm³/mol. The lowest BCUT2D eigenvalue weighted by Gasteiger charge is -2.26. The standard InChI is InChI=1S/C16H26N4O3S/c1-3-5-6-8-17-16-18-10-13(11-19-16)15(21)20(4-2)14-7-9-24(22,23)12-14/h10-11,14H,3-9,12H2,1-2H3,(H,17,18,19). The minimum absolute atomic E-state index is 0.0461. The molecule has 1 atom stereocenters. The number of sulfone groups is 1. The second-order valence-corrected chi connectivity index (χ2v) is 8.31. The van der Waals surface area contributed by atoms with Crippen LogP contribution in [0.1, 0.15) is 49.9 Å². The monoisotopic (exact) mass is 354 g/mol. The summed E-state index contributed by atoms with van der Waals surface area (Å²) in [6.07, 6.45) is 6.87. The van der Waals surface area contributed by atoms with E-state index in [0.717, 1.165) is 25.8 Å². The smallest absolute Gasteiger partial charge is 0.257 e. The molecule has 1 saturated heterocycles. The maximum atomic E-state index is 12.6. The number of nitrogens with zero attached hydrogens (tertiary/aromatic N) is 3. The van der Waals surface area contributed by atoms with E-state index in [4.69, 9.17) is 0 Å². The second kappa shape index (κ2) is 8.41. The molecule has 24 heavy (non-hydrogen) atoms. The Kier molecular flexibility index (Phi) is 6.53. The third-order valence-corrected chi connectivity index (χ3v) is 5.96. The van der Waals surface area contributed by atoms with E-state index in [1.54, 1.807) is 4.90 Å². The number of carbonyl (C=O) groups excluding carboxylic acids is 1. The summed E-state index contributed by atoms with van der Waals surface area (Å²) >= 11 is 0. The largest absolute Gasteiger partial charge is 0.354 e. The number of hydrogen-bond acceptors (Lipinski definition) is 6. The Labute approximate surface area is 143 Å². The van der Waals surface area contributed by atoms with E-state index in [9.17, 15) is 13.2 Å². The normalized spacial score (nSPS) is 19.2. The van der Waals surface area contributed by atoms with Gasteiger partial charge < -0.3 is 10.2 Å². The van der Waals surface area contributed by atoms with Crippen LogP contribution < -0.4 is 5.32 Å². The number of nitrogens with one attached hydrogen (secondary N) is 1. The lowest BCUT2D eigenvalue weighted by atomic mass is 10.2. The Bertz CT molecular complexity index is 646. The van der Waals surface area contributed by atoms with Crippen molar-refractivity contribution in [3.05, 3.63) is 18.0 Å². The molecule has 0 saturated carbocycles. The average Bonchev–Trinajstić information content (AvgIpc) is 2.92. The highest BCUT2D eigenvalue weighted by Gasteiger charge is 2.34. The Balaban J connectivity index is 1.98. The quantitative estimate of drug-likeness (QED) is 0.715. The summed E-state index contributed by atoms with van der Waals surface area (Å²) in [7, 11) is -3.02. The van der Waals surface area contributed by atoms with Crippen LogP contribution in [0.2, 0.25) is 0 Å². The lowest BCUT2D eigenvalue weighted by molar-refractivity contribution is 0.0707. The van der Waals surface area contributed by atoms with Gasteiger partial charge >= 0.3 is 0 Å². The summed E-state index contributed by atoms with van der Waals surface area (Å²) in [4.78, 5) is 22.6. The molecule has 1 aliphatic heterocycles. The number of unbranched alkanes of at least 4 members (excludes halogenated alkanes) is 2. The van der Waals surface area contributed by atoms with E-state index in [-0.39, 0.29) is 23.5 Å². The molecule has 2 rings (SSSR count). The van der Waals surface area contributed by atoms with Gasteiger partial charge in [-0.3, -0.25) is 4.79 Å². The molecular weight excluding hydrogens is 328 g/mol. The molecule has 7 nitrogen and oxygen atoms in total. The molecule has 1 aromatic rings. The van der Waals surface area contributed by atoms with E-state index < -0.39 is 9.84 Å². The molecule has 1 aliphatic rings. The summed E-state index contributed by atoms with van der Waals surface area (Å²) in [5.41, 5.74) is 0.389. The number of aromatic nitrogens is 2. The zero-order chi connectivity index (χ0) is 17.6. The van der Waals surface area contributed by atoms with Crippen molar-refractivity contribution in [2.24, 2.45) is 0 Å². The van der Waals surface area contributed by atoms with Crippen LogP contribution in [-0.2, 0) is 9.84 Å². The van der Waals surface area contributed by atoms with Crippen LogP contribution in [0, 0.1) is 0 Å². The topological polar surface area (TPSA) is 92.3 Å². The number of hydrogen-bond donors (Lipinski definition) is 1. The maximum absolute atomic E-state index is 12.6. The minimum atomic E-state index is -3.02. The summed E-state index contributed by atoms with van der Waals surface area (Å²) in [5, 5.41) is 3.13. The van der Waals surface area contributed by atoms with Crippen LogP contribution in [0.25, 0.3) is 0 Å². The average molecular weight is 354 g/mol. The predicted octanol–water partition coefficient (Wildman–Crippen LogP) is 1.73. The van der Waals surface area contributed by atoms with Gasteiger partial charge in [0.2, 0.25) is 5.95 Å². The van der Waals surface area contributed by atoms with E-state index in [1.165, 1.54) is 12.4 Å². The SMILES string of the molecule is CCCCCNc1ncc(C(=O)N(CC)C2CCS(=O)(=O)C2)cn1. The molecule has 1 amide bonds. The van der Waals surface area contributed by atoms with E-state index in [1.807, 2.05) is 6.92 Å². The third kappa shape index (κ3) is 4.90. The molecule has 0 bridgehead atoms. The molecule has 1 fully saturated rings. The highest BCUT2D eigenvalue weighted by molar-refractivity contribution is 7.91. The first-order valence-electron chi connectivity index (χ1n) is 8.54. The molecule has 0 aliphatic carbocycles. The van der Waals surface area contributed by atoms with Gasteiger partial charge in [-0.05, 0) is 19.8 Å². The zero-order valence-electron chi connectivity index (χ0n) is 14.4. The second-order valence-electron chi connectivity index (χ2n) is 6.08. The van der Waals surface area contributed by atoms with Crippen LogP contribution in [0.5, 0.6) is 0 Å². The van der Waals surface area contributed by atoms with Crippen LogP contribution >= 0.6 is 0 Å². The van der Waals surface area contributed by atoms with Crippen LogP contribution in [0.3, 0.4) is 0 Å². The third-order valence-electron chi connectivity index (χ3n) is 4.21. The minimum Gasteiger partial charge on any atom is -0.354 e. The summed E-state index contributed by atoms with van der Waals surface area (Å²) in [5.74, 6) is 0.495. The molecule has 2 heterocycles. The van der Waals surface area contributed by atoms with Gasteiger partial charge in [-0.25, -0.2) is 18.4 Å². The van der Waals surface area contributed by atoms with Crippen molar-refractivity contribution in [3.63, 3.8) is 0 Å². The summed E-state index contributed by atoms with van der Waals surface area (Å²) in [6.45, 7) is 5.28. The zero-order valence-corrected chi connectivity index (χ0v) is 15.2. The van der Waals surface area contributed by atoms with Gasteiger partial charge in [-0.15, -0.1) is 0 Å². The Hall–Kier alpha value is -1.70. The van der Waals surface area contributed by atoms with Gasteiger partial charge in [0.25, 0.3) is 5.91 Å². The fourth-order valence-electron chi connectivity index (χ4n) is 2.86. The van der Waals surface area contributed by atoms with Gasteiger partial charge in [-0.2, -0.15) is 0 Å². The molecule has 0 aromatic carbocycles. The molecule has 0 spiro atoms. The fourth-order valence-corrected chi connectivity index (χ4v) is 4.59. The van der Waals surface area contributed by atoms with Gasteiger partial charge in [0.05, 0.1) is 17.1 Å². The van der Waals surface area contributed by atoms with Crippen molar-refractivity contribution >= 4 is 21.7 Å². The van der Waals surface area contributed by atoms with Crippen molar-refractivity contribution < 1.29 is 13.2 Å². The summed E-state index contributed by atoms with van der Waals surface area (Å²) in [6, 6.07) is -0.251. The van der Waals surface area contributed by atoms with Crippen molar-refractivity contribution in [3.8, 4) is 0 Å². The van der Waals surface area contributed by atoms with Gasteiger partial charge in [0.15, 0.2) is 9.84 Å². The van der Waals surface area contributed by atoms with Crippen LogP contribution in [-0.4, -0.2) is 59.8 Å². The highest BCUT2D eigenvalue weighted by atomic mass is 32.2.